The van der Waals surface area contributed by atoms with E-state index in [-0.39, 0.29) is 30.5 Å². The van der Waals surface area contributed by atoms with Gasteiger partial charge in [-0.05, 0) is 36.4 Å². The van der Waals surface area contributed by atoms with Crippen molar-refractivity contribution in [3.05, 3.63) is 59.9 Å². The zero-order chi connectivity index (χ0) is 21.0. The Morgan fingerprint density at radius 1 is 1.10 bits per heavy atom. The van der Waals surface area contributed by atoms with Crippen molar-refractivity contribution in [3.8, 4) is 5.75 Å². The second-order valence-corrected chi connectivity index (χ2v) is 6.66. The Hall–Kier alpha value is -3.42. The second-order valence-electron chi connectivity index (χ2n) is 6.66. The van der Waals surface area contributed by atoms with Crippen LogP contribution in [0.15, 0.2) is 48.5 Å². The van der Waals surface area contributed by atoms with Crippen molar-refractivity contribution in [1.29, 1.82) is 0 Å². The lowest BCUT2D eigenvalue weighted by Crippen LogP contribution is -2.41. The standard InChI is InChI=1S/C21H21FN2O5/c1-13(25)23-15-9-7-14(8-10-15)20(26)24-12-16(11-18(24)21(27)28-2)29-19-6-4-3-5-17(19)22/h3-10,16,18H,11-12H2,1-2H3,(H,23,25). The van der Waals surface area contributed by atoms with Crippen LogP contribution in [-0.2, 0) is 14.3 Å². The first-order chi connectivity index (χ1) is 13.9. The highest BCUT2D eigenvalue weighted by Gasteiger charge is 2.42. The quantitative estimate of drug-likeness (QED) is 0.780. The van der Waals surface area contributed by atoms with E-state index >= 15 is 0 Å². The summed E-state index contributed by atoms with van der Waals surface area (Å²) in [6, 6.07) is 11.5. The van der Waals surface area contributed by atoms with Gasteiger partial charge in [0, 0.05) is 24.6 Å². The molecule has 152 valence electrons. The first-order valence-electron chi connectivity index (χ1n) is 9.06. The Labute approximate surface area is 167 Å². The highest BCUT2D eigenvalue weighted by molar-refractivity contribution is 5.98. The third kappa shape index (κ3) is 4.71. The summed E-state index contributed by atoms with van der Waals surface area (Å²) in [4.78, 5) is 37.7. The molecule has 2 amide bonds. The van der Waals surface area contributed by atoms with Gasteiger partial charge in [-0.1, -0.05) is 12.1 Å². The topological polar surface area (TPSA) is 84.9 Å². The number of methoxy groups -OCH3 is 1. The minimum atomic E-state index is -0.834. The zero-order valence-corrected chi connectivity index (χ0v) is 16.1. The molecule has 0 bridgehead atoms. The molecule has 2 atom stereocenters. The maximum absolute atomic E-state index is 13.9. The van der Waals surface area contributed by atoms with E-state index in [9.17, 15) is 18.8 Å². The van der Waals surface area contributed by atoms with Crippen LogP contribution in [0.5, 0.6) is 5.75 Å². The Bertz CT molecular complexity index is 916. The first kappa shape index (κ1) is 20.3. The van der Waals surface area contributed by atoms with Crippen molar-refractivity contribution >= 4 is 23.5 Å². The van der Waals surface area contributed by atoms with Gasteiger partial charge in [0.25, 0.3) is 5.91 Å². The summed E-state index contributed by atoms with van der Waals surface area (Å²) in [7, 11) is 1.25. The number of halogens is 1. The number of benzene rings is 2. The van der Waals surface area contributed by atoms with Gasteiger partial charge < -0.3 is 19.7 Å². The smallest absolute Gasteiger partial charge is 0.328 e. The molecule has 29 heavy (non-hydrogen) atoms. The van der Waals surface area contributed by atoms with Gasteiger partial charge in [0.1, 0.15) is 12.1 Å². The molecule has 1 heterocycles. The van der Waals surface area contributed by atoms with Crippen LogP contribution in [0.1, 0.15) is 23.7 Å². The Balaban J connectivity index is 1.77. The van der Waals surface area contributed by atoms with Gasteiger partial charge in [0.05, 0.1) is 13.7 Å². The minimum absolute atomic E-state index is 0.0649. The van der Waals surface area contributed by atoms with Gasteiger partial charge in [-0.2, -0.15) is 0 Å². The molecule has 2 aromatic carbocycles. The van der Waals surface area contributed by atoms with Crippen molar-refractivity contribution in [3.63, 3.8) is 0 Å². The summed E-state index contributed by atoms with van der Waals surface area (Å²) >= 11 is 0. The van der Waals surface area contributed by atoms with Crippen LogP contribution in [0.4, 0.5) is 10.1 Å². The number of rotatable bonds is 5. The lowest BCUT2D eigenvalue weighted by Gasteiger charge is -2.22. The summed E-state index contributed by atoms with van der Waals surface area (Å²) in [6.07, 6.45) is -0.366. The largest absolute Gasteiger partial charge is 0.485 e. The van der Waals surface area contributed by atoms with E-state index < -0.39 is 23.9 Å². The van der Waals surface area contributed by atoms with E-state index in [1.54, 1.807) is 36.4 Å². The van der Waals surface area contributed by atoms with Crippen molar-refractivity contribution in [2.24, 2.45) is 0 Å². The Kier molecular flexibility index (Phi) is 6.11. The normalized spacial score (nSPS) is 18.2. The number of anilines is 1. The molecule has 0 spiro atoms. The van der Waals surface area contributed by atoms with Crippen molar-refractivity contribution < 1.29 is 28.2 Å². The third-order valence-electron chi connectivity index (χ3n) is 4.58. The molecule has 1 aliphatic heterocycles. The molecule has 0 aromatic heterocycles. The van der Waals surface area contributed by atoms with Crippen LogP contribution in [0.2, 0.25) is 0 Å². The number of amides is 2. The zero-order valence-electron chi connectivity index (χ0n) is 16.1. The van der Waals surface area contributed by atoms with E-state index in [1.807, 2.05) is 0 Å². The molecule has 3 rings (SSSR count). The molecule has 8 heteroatoms. The predicted molar refractivity (Wildman–Crippen MR) is 103 cm³/mol. The fourth-order valence-electron chi connectivity index (χ4n) is 3.25. The molecule has 1 N–H and O–H groups in total. The molecule has 0 saturated carbocycles. The maximum Gasteiger partial charge on any atom is 0.328 e. The van der Waals surface area contributed by atoms with E-state index in [4.69, 9.17) is 9.47 Å². The molecule has 1 fully saturated rings. The van der Waals surface area contributed by atoms with Crippen LogP contribution in [0.3, 0.4) is 0 Å². The number of hydrogen-bond donors (Lipinski definition) is 1. The van der Waals surface area contributed by atoms with Crippen molar-refractivity contribution in [2.45, 2.75) is 25.5 Å². The highest BCUT2D eigenvalue weighted by atomic mass is 19.1. The van der Waals surface area contributed by atoms with Gasteiger partial charge in [0.15, 0.2) is 11.6 Å². The lowest BCUT2D eigenvalue weighted by molar-refractivity contribution is -0.145. The molecule has 1 aliphatic rings. The highest BCUT2D eigenvalue weighted by Crippen LogP contribution is 2.27. The number of likely N-dealkylation sites (tertiary alicyclic amines) is 1. The van der Waals surface area contributed by atoms with Gasteiger partial charge in [-0.15, -0.1) is 0 Å². The number of ether oxygens (including phenoxy) is 2. The monoisotopic (exact) mass is 400 g/mol. The Morgan fingerprint density at radius 2 is 1.79 bits per heavy atom. The summed E-state index contributed by atoms with van der Waals surface area (Å²) in [5.41, 5.74) is 0.903. The predicted octanol–water partition coefficient (Wildman–Crippen LogP) is 2.62. The van der Waals surface area contributed by atoms with Crippen molar-refractivity contribution in [2.75, 3.05) is 19.0 Å². The number of nitrogens with zero attached hydrogens (tertiary/aromatic N) is 1. The summed E-state index contributed by atoms with van der Waals surface area (Å²) in [6.45, 7) is 1.50. The van der Waals surface area contributed by atoms with Crippen molar-refractivity contribution in [1.82, 2.24) is 4.90 Å². The molecule has 0 radical (unpaired) electrons. The van der Waals surface area contributed by atoms with E-state index in [2.05, 4.69) is 5.32 Å². The van der Waals surface area contributed by atoms with E-state index in [1.165, 1.54) is 31.1 Å². The fraction of sp³-hybridized carbons (Fsp3) is 0.286. The summed E-state index contributed by atoms with van der Waals surface area (Å²) in [5, 5.41) is 2.62. The summed E-state index contributed by atoms with van der Waals surface area (Å²) in [5.74, 6) is -1.61. The van der Waals surface area contributed by atoms with Crippen LogP contribution in [0.25, 0.3) is 0 Å². The van der Waals surface area contributed by atoms with Gasteiger partial charge in [-0.25, -0.2) is 9.18 Å². The van der Waals surface area contributed by atoms with Crippen LogP contribution in [0, 0.1) is 5.82 Å². The molecular weight excluding hydrogens is 379 g/mol. The number of para-hydroxylation sites is 1. The number of carbonyl (C=O) groups excluding carboxylic acids is 3. The van der Waals surface area contributed by atoms with Crippen LogP contribution < -0.4 is 10.1 Å². The lowest BCUT2D eigenvalue weighted by atomic mass is 10.1. The van der Waals surface area contributed by atoms with Gasteiger partial charge in [0.2, 0.25) is 5.91 Å². The molecular formula is C21H21FN2O5. The average Bonchev–Trinajstić information content (AvgIpc) is 3.12. The number of esters is 1. The van der Waals surface area contributed by atoms with E-state index in [0.29, 0.717) is 11.3 Å². The molecule has 2 aromatic rings. The Morgan fingerprint density at radius 3 is 2.41 bits per heavy atom. The summed E-state index contributed by atoms with van der Waals surface area (Å²) < 4.78 is 24.4. The van der Waals surface area contributed by atoms with Crippen LogP contribution >= 0.6 is 0 Å². The molecule has 2 unspecified atom stereocenters. The first-order valence-corrected chi connectivity index (χ1v) is 9.06. The van der Waals surface area contributed by atoms with Crippen LogP contribution in [-0.4, -0.2) is 48.5 Å². The fourth-order valence-corrected chi connectivity index (χ4v) is 3.25. The maximum atomic E-state index is 13.9. The number of hydrogen-bond acceptors (Lipinski definition) is 5. The van der Waals surface area contributed by atoms with Gasteiger partial charge in [-0.3, -0.25) is 9.59 Å². The average molecular weight is 400 g/mol. The molecule has 1 saturated heterocycles. The molecule has 7 nitrogen and oxygen atoms in total. The molecule has 0 aliphatic carbocycles. The SMILES string of the molecule is COC(=O)C1CC(Oc2ccccc2F)CN1C(=O)c1ccc(NC(C)=O)cc1. The minimum Gasteiger partial charge on any atom is -0.485 e. The second kappa shape index (κ2) is 8.72. The number of carbonyl (C=O) groups is 3. The third-order valence-corrected chi connectivity index (χ3v) is 4.58. The number of nitrogens with one attached hydrogen (secondary N) is 1. The van der Waals surface area contributed by atoms with E-state index in [0.717, 1.165) is 0 Å². The van der Waals surface area contributed by atoms with Gasteiger partial charge >= 0.3 is 5.97 Å².